The quantitative estimate of drug-likeness (QED) is 0.481. The predicted octanol–water partition coefficient (Wildman–Crippen LogP) is 3.27. The number of carbonyl (C=O) groups excluding carboxylic acids is 3. The highest BCUT2D eigenvalue weighted by atomic mass is 16.5. The van der Waals surface area contributed by atoms with Gasteiger partial charge in [0.2, 0.25) is 0 Å². The second-order valence-electron chi connectivity index (χ2n) is 6.06. The van der Waals surface area contributed by atoms with E-state index in [1.54, 1.807) is 36.4 Å². The highest BCUT2D eigenvalue weighted by molar-refractivity contribution is 5.91. The van der Waals surface area contributed by atoms with Crippen molar-refractivity contribution in [1.82, 2.24) is 5.32 Å². The number of esters is 1. The van der Waals surface area contributed by atoms with E-state index in [0.717, 1.165) is 11.1 Å². The van der Waals surface area contributed by atoms with Crippen LogP contribution in [0.4, 0.5) is 0 Å². The lowest BCUT2D eigenvalue weighted by molar-refractivity contribution is -0.124. The Kier molecular flexibility index (Phi) is 6.36. The number of furan rings is 1. The van der Waals surface area contributed by atoms with Gasteiger partial charge in [0.15, 0.2) is 18.7 Å². The molecule has 1 aromatic heterocycles. The number of ether oxygens (including phenoxy) is 1. The average Bonchev–Trinajstić information content (AvgIpc) is 3.22. The Morgan fingerprint density at radius 2 is 1.71 bits per heavy atom. The third-order valence-electron chi connectivity index (χ3n) is 4.06. The number of benzene rings is 2. The lowest BCUT2D eigenvalue weighted by Crippen LogP contribution is -2.30. The van der Waals surface area contributed by atoms with Gasteiger partial charge in [0.1, 0.15) is 5.76 Å². The molecule has 1 N–H and O–H groups in total. The minimum absolute atomic E-state index is 0.233. The molecule has 0 aliphatic heterocycles. The molecule has 3 rings (SSSR count). The van der Waals surface area contributed by atoms with E-state index in [-0.39, 0.29) is 18.3 Å². The van der Waals surface area contributed by atoms with Gasteiger partial charge in [-0.3, -0.25) is 9.59 Å². The second kappa shape index (κ2) is 9.32. The molecule has 6 nitrogen and oxygen atoms in total. The Balaban J connectivity index is 1.45. The summed E-state index contributed by atoms with van der Waals surface area (Å²) in [5.41, 5.74) is 2.17. The molecule has 3 aromatic rings. The van der Waals surface area contributed by atoms with Crippen molar-refractivity contribution in [2.45, 2.75) is 6.42 Å². The van der Waals surface area contributed by atoms with Crippen LogP contribution in [0.25, 0.3) is 11.3 Å². The third-order valence-corrected chi connectivity index (χ3v) is 4.06. The lowest BCUT2D eigenvalue weighted by Gasteiger charge is -2.07. The van der Waals surface area contributed by atoms with Crippen LogP contribution in [-0.2, 0) is 16.0 Å². The maximum absolute atomic E-state index is 12.1. The maximum Gasteiger partial charge on any atom is 0.338 e. The van der Waals surface area contributed by atoms with Crippen LogP contribution in [-0.4, -0.2) is 31.3 Å². The van der Waals surface area contributed by atoms with Gasteiger partial charge >= 0.3 is 5.97 Å². The SMILES string of the molecule is O=Cc1ccc(-c2ccc(C(=O)OCC(=O)NCCc3ccccc3)cc2)o1. The van der Waals surface area contributed by atoms with E-state index in [1.807, 2.05) is 30.3 Å². The van der Waals surface area contributed by atoms with E-state index in [9.17, 15) is 14.4 Å². The molecule has 142 valence electrons. The van der Waals surface area contributed by atoms with Crippen LogP contribution < -0.4 is 5.32 Å². The highest BCUT2D eigenvalue weighted by Crippen LogP contribution is 2.22. The van der Waals surface area contributed by atoms with Crippen molar-refractivity contribution >= 4 is 18.2 Å². The van der Waals surface area contributed by atoms with Crippen LogP contribution in [0.3, 0.4) is 0 Å². The topological polar surface area (TPSA) is 85.6 Å². The molecule has 28 heavy (non-hydrogen) atoms. The molecule has 0 bridgehead atoms. The van der Waals surface area contributed by atoms with Crippen molar-refractivity contribution in [3.63, 3.8) is 0 Å². The zero-order chi connectivity index (χ0) is 19.8. The summed E-state index contributed by atoms with van der Waals surface area (Å²) in [6, 6.07) is 19.6. The molecule has 0 saturated carbocycles. The van der Waals surface area contributed by atoms with Crippen LogP contribution in [0.15, 0.2) is 71.1 Å². The van der Waals surface area contributed by atoms with Gasteiger partial charge in [-0.1, -0.05) is 42.5 Å². The number of amides is 1. The van der Waals surface area contributed by atoms with Crippen LogP contribution in [0.1, 0.15) is 26.5 Å². The summed E-state index contributed by atoms with van der Waals surface area (Å²) in [6.45, 7) is 0.136. The van der Waals surface area contributed by atoms with Gasteiger partial charge < -0.3 is 14.5 Å². The lowest BCUT2D eigenvalue weighted by atomic mass is 10.1. The normalized spacial score (nSPS) is 10.3. The maximum atomic E-state index is 12.1. The summed E-state index contributed by atoms with van der Waals surface area (Å²) in [6.07, 6.45) is 1.33. The van der Waals surface area contributed by atoms with Gasteiger partial charge in [0.25, 0.3) is 5.91 Å². The van der Waals surface area contributed by atoms with E-state index in [2.05, 4.69) is 5.32 Å². The molecule has 1 heterocycles. The zero-order valence-electron chi connectivity index (χ0n) is 15.1. The van der Waals surface area contributed by atoms with Crippen LogP contribution in [0.5, 0.6) is 0 Å². The molecule has 0 radical (unpaired) electrons. The summed E-state index contributed by atoms with van der Waals surface area (Å²) in [5, 5.41) is 2.72. The molecular weight excluding hydrogens is 358 g/mol. The van der Waals surface area contributed by atoms with Crippen molar-refractivity contribution in [3.8, 4) is 11.3 Å². The van der Waals surface area contributed by atoms with E-state index >= 15 is 0 Å². The van der Waals surface area contributed by atoms with Gasteiger partial charge in [-0.15, -0.1) is 0 Å². The molecule has 0 aliphatic carbocycles. The largest absolute Gasteiger partial charge is 0.453 e. The van der Waals surface area contributed by atoms with Crippen molar-refractivity contribution in [2.75, 3.05) is 13.2 Å². The smallest absolute Gasteiger partial charge is 0.338 e. The second-order valence-corrected chi connectivity index (χ2v) is 6.06. The highest BCUT2D eigenvalue weighted by Gasteiger charge is 2.11. The fraction of sp³-hybridized carbons (Fsp3) is 0.136. The van der Waals surface area contributed by atoms with E-state index < -0.39 is 5.97 Å². The van der Waals surface area contributed by atoms with Gasteiger partial charge in [-0.2, -0.15) is 0 Å². The number of rotatable bonds is 8. The van der Waals surface area contributed by atoms with E-state index in [0.29, 0.717) is 30.6 Å². The first kappa shape index (κ1) is 19.1. The first-order chi connectivity index (χ1) is 13.7. The summed E-state index contributed by atoms with van der Waals surface area (Å²) in [5.74, 6) is -0.174. The van der Waals surface area contributed by atoms with E-state index in [1.165, 1.54) is 0 Å². The van der Waals surface area contributed by atoms with Gasteiger partial charge in [-0.05, 0) is 36.2 Å². The average molecular weight is 377 g/mol. The molecule has 0 fully saturated rings. The molecular formula is C22H19NO5. The van der Waals surface area contributed by atoms with Crippen molar-refractivity contribution in [2.24, 2.45) is 0 Å². The molecule has 0 aliphatic rings. The van der Waals surface area contributed by atoms with Gasteiger partial charge in [-0.25, -0.2) is 4.79 Å². The summed E-state index contributed by atoms with van der Waals surface area (Å²) < 4.78 is 10.4. The van der Waals surface area contributed by atoms with Crippen molar-refractivity contribution in [1.29, 1.82) is 0 Å². The molecule has 1 amide bonds. The number of hydrogen-bond acceptors (Lipinski definition) is 5. The summed E-state index contributed by atoms with van der Waals surface area (Å²) >= 11 is 0. The minimum Gasteiger partial charge on any atom is -0.453 e. The zero-order valence-corrected chi connectivity index (χ0v) is 15.1. The number of nitrogens with one attached hydrogen (secondary N) is 1. The predicted molar refractivity (Wildman–Crippen MR) is 103 cm³/mol. The molecule has 0 spiro atoms. The fourth-order valence-corrected chi connectivity index (χ4v) is 2.60. The van der Waals surface area contributed by atoms with Crippen molar-refractivity contribution in [3.05, 3.63) is 83.6 Å². The van der Waals surface area contributed by atoms with Crippen LogP contribution in [0.2, 0.25) is 0 Å². The first-order valence-corrected chi connectivity index (χ1v) is 8.79. The van der Waals surface area contributed by atoms with Crippen LogP contribution in [0, 0.1) is 0 Å². The standard InChI is InChI=1S/C22H19NO5/c24-14-19-10-11-20(28-19)17-6-8-18(9-7-17)22(26)27-15-21(25)23-13-12-16-4-2-1-3-5-16/h1-11,14H,12-13,15H2,(H,23,25). The van der Waals surface area contributed by atoms with E-state index in [4.69, 9.17) is 9.15 Å². The first-order valence-electron chi connectivity index (χ1n) is 8.79. The summed E-state index contributed by atoms with van der Waals surface area (Å²) in [4.78, 5) is 34.6. The Bertz CT molecular complexity index is 945. The Morgan fingerprint density at radius 1 is 0.964 bits per heavy atom. The number of carbonyl (C=O) groups is 3. The number of hydrogen-bond donors (Lipinski definition) is 1. The fourth-order valence-electron chi connectivity index (χ4n) is 2.60. The monoisotopic (exact) mass is 377 g/mol. The van der Waals surface area contributed by atoms with Gasteiger partial charge in [0.05, 0.1) is 5.56 Å². The minimum atomic E-state index is -0.585. The molecule has 0 saturated heterocycles. The third kappa shape index (κ3) is 5.17. The Labute approximate surface area is 162 Å². The summed E-state index contributed by atoms with van der Waals surface area (Å²) in [7, 11) is 0. The Hall–Kier alpha value is -3.67. The van der Waals surface area contributed by atoms with Gasteiger partial charge in [0, 0.05) is 12.1 Å². The molecule has 0 unspecified atom stereocenters. The number of aldehydes is 1. The van der Waals surface area contributed by atoms with Crippen molar-refractivity contribution < 1.29 is 23.5 Å². The molecule has 0 atom stereocenters. The molecule has 2 aromatic carbocycles. The van der Waals surface area contributed by atoms with Crippen LogP contribution >= 0.6 is 0 Å². The molecule has 6 heteroatoms. The Morgan fingerprint density at radius 3 is 2.39 bits per heavy atom.